The van der Waals surface area contributed by atoms with Crippen molar-refractivity contribution >= 4 is 6.21 Å². The van der Waals surface area contributed by atoms with Crippen molar-refractivity contribution < 1.29 is 4.74 Å². The van der Waals surface area contributed by atoms with Crippen molar-refractivity contribution in [2.24, 2.45) is 16.6 Å². The molecule has 0 aromatic heterocycles. The summed E-state index contributed by atoms with van der Waals surface area (Å²) in [6.07, 6.45) is 3.46. The van der Waals surface area contributed by atoms with Gasteiger partial charge in [-0.05, 0) is 13.5 Å². The van der Waals surface area contributed by atoms with Crippen LogP contribution in [0.5, 0.6) is 0 Å². The molecule has 0 aliphatic rings. The summed E-state index contributed by atoms with van der Waals surface area (Å²) in [6, 6.07) is 0. The lowest BCUT2D eigenvalue weighted by Crippen LogP contribution is -2.15. The summed E-state index contributed by atoms with van der Waals surface area (Å²) >= 11 is 0. The summed E-state index contributed by atoms with van der Waals surface area (Å²) < 4.78 is 5.27. The van der Waals surface area contributed by atoms with Gasteiger partial charge in [0.1, 0.15) is 0 Å². The molecule has 0 aliphatic heterocycles. The molecule has 0 unspecified atom stereocenters. The maximum Gasteiger partial charge on any atom is 0.0911 e. The molecule has 0 radical (unpaired) electrons. The van der Waals surface area contributed by atoms with Crippen molar-refractivity contribution in [3.8, 4) is 0 Å². The highest BCUT2D eigenvalue weighted by Crippen LogP contribution is 1.95. The number of nitrogens with zero attached hydrogens (tertiary/aromatic N) is 1. The molecule has 0 aliphatic carbocycles. The molecule has 12 heavy (non-hydrogen) atoms. The standard InChI is InChI=1S/C9H18N2O/c1-8(4-10)6-12-7-9(2)5-11-3/h5,7-8H,4,6,10H2,1-3H3/b9-7+,11-5?/t8-/m0/s1. The molecule has 3 nitrogen and oxygen atoms in total. The van der Waals surface area contributed by atoms with Crippen LogP contribution in [0.4, 0.5) is 0 Å². The zero-order valence-electron chi connectivity index (χ0n) is 8.08. The number of nitrogens with two attached hydrogens (primary N) is 1. The third-order valence-corrected chi connectivity index (χ3v) is 1.39. The van der Waals surface area contributed by atoms with Crippen LogP contribution in [0.15, 0.2) is 16.8 Å². The Balaban J connectivity index is 3.59. The topological polar surface area (TPSA) is 47.6 Å². The molecular formula is C9H18N2O. The molecule has 0 heterocycles. The number of ether oxygens (including phenoxy) is 1. The first kappa shape index (κ1) is 11.2. The van der Waals surface area contributed by atoms with Gasteiger partial charge in [-0.25, -0.2) is 0 Å². The van der Waals surface area contributed by atoms with Gasteiger partial charge in [-0.3, -0.25) is 4.99 Å². The van der Waals surface area contributed by atoms with E-state index in [2.05, 4.69) is 11.9 Å². The van der Waals surface area contributed by atoms with Gasteiger partial charge in [0.15, 0.2) is 0 Å². The van der Waals surface area contributed by atoms with Crippen LogP contribution in [0.3, 0.4) is 0 Å². The molecule has 0 spiro atoms. The number of allylic oxidation sites excluding steroid dienone is 1. The van der Waals surface area contributed by atoms with Gasteiger partial charge in [-0.2, -0.15) is 0 Å². The quantitative estimate of drug-likeness (QED) is 0.498. The molecule has 70 valence electrons. The Labute approximate surface area is 74.3 Å². The van der Waals surface area contributed by atoms with Gasteiger partial charge < -0.3 is 10.5 Å². The van der Waals surface area contributed by atoms with E-state index in [1.165, 1.54) is 0 Å². The number of hydrogen-bond acceptors (Lipinski definition) is 3. The first-order valence-corrected chi connectivity index (χ1v) is 4.11. The normalized spacial score (nSPS) is 15.2. The molecule has 0 fully saturated rings. The summed E-state index contributed by atoms with van der Waals surface area (Å²) in [4.78, 5) is 3.86. The fourth-order valence-electron chi connectivity index (χ4n) is 0.646. The lowest BCUT2D eigenvalue weighted by molar-refractivity contribution is 0.205. The van der Waals surface area contributed by atoms with Gasteiger partial charge in [0.25, 0.3) is 0 Å². The second-order valence-corrected chi connectivity index (χ2v) is 2.92. The second-order valence-electron chi connectivity index (χ2n) is 2.92. The van der Waals surface area contributed by atoms with E-state index in [0.29, 0.717) is 19.1 Å². The first-order valence-electron chi connectivity index (χ1n) is 4.11. The largest absolute Gasteiger partial charge is 0.501 e. The summed E-state index contributed by atoms with van der Waals surface area (Å²) in [5, 5.41) is 0. The van der Waals surface area contributed by atoms with E-state index in [4.69, 9.17) is 10.5 Å². The Morgan fingerprint density at radius 2 is 2.33 bits per heavy atom. The van der Waals surface area contributed by atoms with Gasteiger partial charge in [0, 0.05) is 24.8 Å². The lowest BCUT2D eigenvalue weighted by atomic mass is 10.2. The Hall–Kier alpha value is -0.830. The molecule has 0 saturated heterocycles. The van der Waals surface area contributed by atoms with E-state index >= 15 is 0 Å². The third-order valence-electron chi connectivity index (χ3n) is 1.39. The average molecular weight is 170 g/mol. The van der Waals surface area contributed by atoms with E-state index in [-0.39, 0.29) is 0 Å². The monoisotopic (exact) mass is 170 g/mol. The van der Waals surface area contributed by atoms with Gasteiger partial charge >= 0.3 is 0 Å². The van der Waals surface area contributed by atoms with Gasteiger partial charge in [-0.1, -0.05) is 6.92 Å². The zero-order valence-corrected chi connectivity index (χ0v) is 8.08. The van der Waals surface area contributed by atoms with Crippen LogP contribution < -0.4 is 5.73 Å². The van der Waals surface area contributed by atoms with Crippen molar-refractivity contribution in [3.05, 3.63) is 11.8 Å². The fourth-order valence-corrected chi connectivity index (χ4v) is 0.646. The summed E-state index contributed by atoms with van der Waals surface area (Å²) in [7, 11) is 1.74. The Bertz CT molecular complexity index is 164. The second kappa shape index (κ2) is 6.85. The maximum atomic E-state index is 5.42. The molecule has 3 heteroatoms. The minimum atomic E-state index is 0.410. The van der Waals surface area contributed by atoms with Crippen LogP contribution in [0.25, 0.3) is 0 Å². The third kappa shape index (κ3) is 5.92. The van der Waals surface area contributed by atoms with Crippen LogP contribution in [0, 0.1) is 5.92 Å². The van der Waals surface area contributed by atoms with Crippen LogP contribution in [-0.4, -0.2) is 26.4 Å². The van der Waals surface area contributed by atoms with Crippen molar-refractivity contribution in [3.63, 3.8) is 0 Å². The molecule has 0 bridgehead atoms. The molecular weight excluding hydrogens is 152 g/mol. The predicted octanol–water partition coefficient (Wildman–Crippen LogP) is 1.20. The summed E-state index contributed by atoms with van der Waals surface area (Å²) in [5.74, 6) is 0.410. The molecule has 0 aromatic carbocycles. The predicted molar refractivity (Wildman–Crippen MR) is 52.3 cm³/mol. The Kier molecular flexibility index (Phi) is 6.38. The summed E-state index contributed by atoms with van der Waals surface area (Å²) in [6.45, 7) is 5.33. The molecule has 2 N–H and O–H groups in total. The highest BCUT2D eigenvalue weighted by molar-refractivity contribution is 5.76. The van der Waals surface area contributed by atoms with Gasteiger partial charge in [-0.15, -0.1) is 0 Å². The first-order chi connectivity index (χ1) is 5.70. The van der Waals surface area contributed by atoms with E-state index in [1.807, 2.05) is 6.92 Å². The van der Waals surface area contributed by atoms with Gasteiger partial charge in [0.2, 0.25) is 0 Å². The summed E-state index contributed by atoms with van der Waals surface area (Å²) in [5.41, 5.74) is 6.44. The maximum absolute atomic E-state index is 5.42. The molecule has 0 aromatic rings. The van der Waals surface area contributed by atoms with Crippen molar-refractivity contribution in [1.82, 2.24) is 0 Å². The van der Waals surface area contributed by atoms with Crippen molar-refractivity contribution in [2.75, 3.05) is 20.2 Å². The minimum absolute atomic E-state index is 0.410. The van der Waals surface area contributed by atoms with Gasteiger partial charge in [0.05, 0.1) is 12.9 Å². The van der Waals surface area contributed by atoms with Crippen LogP contribution in [0.1, 0.15) is 13.8 Å². The Morgan fingerprint density at radius 1 is 1.67 bits per heavy atom. The molecule has 1 atom stereocenters. The van der Waals surface area contributed by atoms with Crippen LogP contribution in [0.2, 0.25) is 0 Å². The fraction of sp³-hybridized carbons (Fsp3) is 0.667. The minimum Gasteiger partial charge on any atom is -0.501 e. The molecule has 0 saturated carbocycles. The zero-order chi connectivity index (χ0) is 9.40. The highest BCUT2D eigenvalue weighted by Gasteiger charge is 1.96. The Morgan fingerprint density at radius 3 is 2.83 bits per heavy atom. The number of aliphatic imine (C=N–C) groups is 1. The SMILES string of the molecule is CN=C/C(C)=C/OC[C@@H](C)CN. The van der Waals surface area contributed by atoms with E-state index in [0.717, 1.165) is 5.57 Å². The molecule has 0 amide bonds. The van der Waals surface area contributed by atoms with E-state index in [9.17, 15) is 0 Å². The van der Waals surface area contributed by atoms with Crippen molar-refractivity contribution in [1.29, 1.82) is 0 Å². The smallest absolute Gasteiger partial charge is 0.0911 e. The van der Waals surface area contributed by atoms with Crippen LogP contribution >= 0.6 is 0 Å². The molecule has 0 rings (SSSR count). The lowest BCUT2D eigenvalue weighted by Gasteiger charge is -2.06. The van der Waals surface area contributed by atoms with Crippen LogP contribution in [-0.2, 0) is 4.74 Å². The number of rotatable bonds is 5. The van der Waals surface area contributed by atoms with Crippen molar-refractivity contribution in [2.45, 2.75) is 13.8 Å². The average Bonchev–Trinajstić information content (AvgIpc) is 2.04. The van der Waals surface area contributed by atoms with E-state index < -0.39 is 0 Å². The number of hydrogen-bond donors (Lipinski definition) is 1. The van der Waals surface area contributed by atoms with E-state index in [1.54, 1.807) is 19.5 Å². The highest BCUT2D eigenvalue weighted by atomic mass is 16.5.